The number of benzene rings is 3. The summed E-state index contributed by atoms with van der Waals surface area (Å²) in [5, 5.41) is 0. The number of esters is 1. The molecule has 0 unspecified atom stereocenters. The molecule has 0 aliphatic heterocycles. The number of anilines is 1. The van der Waals surface area contributed by atoms with E-state index < -0.39 is 11.8 Å². The average Bonchev–Trinajstić information content (AvgIpc) is 2.85. The molecule has 0 aliphatic carbocycles. The van der Waals surface area contributed by atoms with Crippen molar-refractivity contribution in [2.75, 3.05) is 11.9 Å². The lowest BCUT2D eigenvalue weighted by atomic mass is 9.94. The van der Waals surface area contributed by atoms with Crippen LogP contribution in [-0.2, 0) is 4.79 Å². The maximum Gasteiger partial charge on any atom is 0.315 e. The standard InChI is InChI=1S/C28H28FNO3.C2H6/c1-18(2)22-10-15-26(30(5)28(32)21-8-6-19(3)7-9-21)25(17-22)20(4)16-27(31)33-24-13-11-23(29)12-14-24;1-2/h6-15,17-18H,4,16H2,1-3,5H3;1-2H3. The normalized spacial score (nSPS) is 10.3. The number of carbonyl (C=O) groups is 2. The highest BCUT2D eigenvalue weighted by Gasteiger charge is 2.20. The Morgan fingerprint density at radius 2 is 1.57 bits per heavy atom. The molecule has 0 atom stereocenters. The molecule has 4 nitrogen and oxygen atoms in total. The van der Waals surface area contributed by atoms with Gasteiger partial charge in [-0.3, -0.25) is 9.59 Å². The Kier molecular flexibility index (Phi) is 9.95. The summed E-state index contributed by atoms with van der Waals surface area (Å²) in [6.45, 7) is 14.2. The highest BCUT2D eigenvalue weighted by molar-refractivity contribution is 6.07. The lowest BCUT2D eigenvalue weighted by Crippen LogP contribution is -2.27. The van der Waals surface area contributed by atoms with Crippen molar-refractivity contribution in [3.05, 3.63) is 101 Å². The Labute approximate surface area is 208 Å². The first kappa shape index (κ1) is 27.5. The smallest absolute Gasteiger partial charge is 0.315 e. The van der Waals surface area contributed by atoms with Crippen molar-refractivity contribution in [1.29, 1.82) is 0 Å². The Balaban J connectivity index is 0.00000210. The molecule has 0 heterocycles. The van der Waals surface area contributed by atoms with Crippen molar-refractivity contribution in [1.82, 2.24) is 0 Å². The number of ether oxygens (including phenoxy) is 1. The minimum Gasteiger partial charge on any atom is -0.426 e. The number of hydrogen-bond donors (Lipinski definition) is 0. The van der Waals surface area contributed by atoms with E-state index >= 15 is 0 Å². The van der Waals surface area contributed by atoms with Gasteiger partial charge in [-0.15, -0.1) is 0 Å². The second kappa shape index (κ2) is 12.7. The van der Waals surface area contributed by atoms with Crippen LogP contribution in [0.1, 0.15) is 67.1 Å². The van der Waals surface area contributed by atoms with E-state index in [2.05, 4.69) is 20.4 Å². The van der Waals surface area contributed by atoms with Gasteiger partial charge in [0.2, 0.25) is 0 Å². The molecule has 184 valence electrons. The van der Waals surface area contributed by atoms with Crippen LogP contribution in [-0.4, -0.2) is 18.9 Å². The van der Waals surface area contributed by atoms with Crippen LogP contribution < -0.4 is 9.64 Å². The van der Waals surface area contributed by atoms with E-state index in [9.17, 15) is 14.0 Å². The first-order valence-corrected chi connectivity index (χ1v) is 11.8. The molecule has 0 saturated heterocycles. The first-order chi connectivity index (χ1) is 16.7. The van der Waals surface area contributed by atoms with Crippen molar-refractivity contribution in [2.45, 2.75) is 47.0 Å². The van der Waals surface area contributed by atoms with Gasteiger partial charge in [0, 0.05) is 18.2 Å². The summed E-state index contributed by atoms with van der Waals surface area (Å²) < 4.78 is 18.4. The summed E-state index contributed by atoms with van der Waals surface area (Å²) in [5.74, 6) is -0.558. The minimum absolute atomic E-state index is 0.0709. The van der Waals surface area contributed by atoms with Gasteiger partial charge in [0.25, 0.3) is 5.91 Å². The highest BCUT2D eigenvalue weighted by Crippen LogP contribution is 2.32. The van der Waals surface area contributed by atoms with Crippen molar-refractivity contribution in [3.8, 4) is 5.75 Å². The monoisotopic (exact) mass is 475 g/mol. The van der Waals surface area contributed by atoms with E-state index in [-0.39, 0.29) is 24.0 Å². The van der Waals surface area contributed by atoms with E-state index in [1.165, 1.54) is 24.3 Å². The van der Waals surface area contributed by atoms with Crippen LogP contribution in [0.3, 0.4) is 0 Å². The van der Waals surface area contributed by atoms with Crippen molar-refractivity contribution >= 4 is 23.1 Å². The van der Waals surface area contributed by atoms with Gasteiger partial charge in [-0.05, 0) is 72.5 Å². The molecular formula is C30H34FNO3. The third-order valence-corrected chi connectivity index (χ3v) is 5.44. The fourth-order valence-electron chi connectivity index (χ4n) is 3.43. The molecule has 3 aromatic carbocycles. The molecule has 3 rings (SSSR count). The van der Waals surface area contributed by atoms with Crippen LogP contribution in [0.4, 0.5) is 10.1 Å². The van der Waals surface area contributed by atoms with Gasteiger partial charge < -0.3 is 9.64 Å². The zero-order chi connectivity index (χ0) is 26.1. The molecular weight excluding hydrogens is 441 g/mol. The lowest BCUT2D eigenvalue weighted by molar-refractivity contribution is -0.133. The number of carbonyl (C=O) groups excluding carboxylic acids is 2. The van der Waals surface area contributed by atoms with Crippen molar-refractivity contribution in [3.63, 3.8) is 0 Å². The van der Waals surface area contributed by atoms with Crippen molar-refractivity contribution < 1.29 is 18.7 Å². The summed E-state index contributed by atoms with van der Waals surface area (Å²) in [5.41, 5.74) is 4.61. The van der Waals surface area contributed by atoms with Crippen LogP contribution in [0.15, 0.2) is 73.3 Å². The number of nitrogens with zero attached hydrogens (tertiary/aromatic N) is 1. The van der Waals surface area contributed by atoms with Gasteiger partial charge in [0.15, 0.2) is 0 Å². The molecule has 3 aromatic rings. The molecule has 0 aliphatic rings. The summed E-state index contributed by atoms with van der Waals surface area (Å²) in [6.07, 6.45) is -0.0709. The molecule has 0 fully saturated rings. The fraction of sp³-hybridized carbons (Fsp3) is 0.267. The largest absolute Gasteiger partial charge is 0.426 e. The first-order valence-electron chi connectivity index (χ1n) is 11.8. The van der Waals surface area contributed by atoms with Crippen LogP contribution in [0.25, 0.3) is 5.57 Å². The van der Waals surface area contributed by atoms with E-state index in [1.54, 1.807) is 24.1 Å². The quantitative estimate of drug-likeness (QED) is 0.261. The predicted octanol–water partition coefficient (Wildman–Crippen LogP) is 7.57. The van der Waals surface area contributed by atoms with Crippen LogP contribution >= 0.6 is 0 Å². The number of halogens is 1. The van der Waals surface area contributed by atoms with Crippen LogP contribution in [0.2, 0.25) is 0 Å². The lowest BCUT2D eigenvalue weighted by Gasteiger charge is -2.23. The Hall–Kier alpha value is -3.73. The zero-order valence-electron chi connectivity index (χ0n) is 21.4. The van der Waals surface area contributed by atoms with Gasteiger partial charge in [-0.1, -0.05) is 58.0 Å². The topological polar surface area (TPSA) is 46.6 Å². The number of aryl methyl sites for hydroxylation is 1. The van der Waals surface area contributed by atoms with Crippen molar-refractivity contribution in [2.24, 2.45) is 0 Å². The molecule has 0 saturated carbocycles. The van der Waals surface area contributed by atoms with Gasteiger partial charge in [-0.25, -0.2) is 4.39 Å². The Morgan fingerprint density at radius 1 is 0.971 bits per heavy atom. The van der Waals surface area contributed by atoms with E-state index in [1.807, 2.05) is 51.1 Å². The molecule has 0 radical (unpaired) electrons. The Bertz CT molecular complexity index is 1170. The van der Waals surface area contributed by atoms with Gasteiger partial charge in [0.1, 0.15) is 11.6 Å². The molecule has 0 N–H and O–H groups in total. The summed E-state index contributed by atoms with van der Waals surface area (Å²) in [4.78, 5) is 27.2. The summed E-state index contributed by atoms with van der Waals surface area (Å²) in [7, 11) is 1.71. The summed E-state index contributed by atoms with van der Waals surface area (Å²) >= 11 is 0. The van der Waals surface area contributed by atoms with E-state index in [4.69, 9.17) is 4.74 Å². The van der Waals surface area contributed by atoms with Gasteiger partial charge in [0.05, 0.1) is 12.1 Å². The maximum atomic E-state index is 13.1. The SMILES string of the molecule is C=C(CC(=O)Oc1ccc(F)cc1)c1cc(C(C)C)ccc1N(C)C(=O)c1ccc(C)cc1.CC. The van der Waals surface area contributed by atoms with Crippen LogP contribution in [0, 0.1) is 12.7 Å². The highest BCUT2D eigenvalue weighted by atomic mass is 19.1. The zero-order valence-corrected chi connectivity index (χ0v) is 21.4. The predicted molar refractivity (Wildman–Crippen MR) is 141 cm³/mol. The summed E-state index contributed by atoms with van der Waals surface area (Å²) in [6, 6.07) is 18.5. The number of amides is 1. The Morgan fingerprint density at radius 3 is 2.14 bits per heavy atom. The molecule has 35 heavy (non-hydrogen) atoms. The number of rotatable bonds is 7. The third kappa shape index (κ3) is 7.38. The van der Waals surface area contributed by atoms with Crippen LogP contribution in [0.5, 0.6) is 5.75 Å². The average molecular weight is 476 g/mol. The molecule has 0 aromatic heterocycles. The van der Waals surface area contributed by atoms with E-state index in [0.717, 1.165) is 11.1 Å². The molecule has 0 spiro atoms. The van der Waals surface area contributed by atoms with E-state index in [0.29, 0.717) is 22.4 Å². The molecule has 0 bridgehead atoms. The second-order valence-corrected chi connectivity index (χ2v) is 8.37. The second-order valence-electron chi connectivity index (χ2n) is 8.37. The molecule has 1 amide bonds. The fourth-order valence-corrected chi connectivity index (χ4v) is 3.43. The maximum absolute atomic E-state index is 13.1. The number of hydrogen-bond acceptors (Lipinski definition) is 3. The van der Waals surface area contributed by atoms with Gasteiger partial charge in [-0.2, -0.15) is 0 Å². The van der Waals surface area contributed by atoms with Gasteiger partial charge >= 0.3 is 5.97 Å². The third-order valence-electron chi connectivity index (χ3n) is 5.44. The minimum atomic E-state index is -0.514. The molecule has 5 heteroatoms.